The normalized spacial score (nSPS) is 13.0. The van der Waals surface area contributed by atoms with Crippen LogP contribution in [0.2, 0.25) is 5.02 Å². The van der Waals surface area contributed by atoms with Gasteiger partial charge in [-0.05, 0) is 63.8 Å². The van der Waals surface area contributed by atoms with E-state index in [4.69, 9.17) is 35.7 Å². The standard InChI is InChI=1S/C21H27N2.C18H20ClNO.2ClH.Ru/c1-14-9-16(3)20(17(4)10-14)22-7-8-23(13-22)21-18(5)11-15(2)12-19(21)6;1-13(2)21-18-8-6-5-7-15(18)12-20(4)17-10-9-16(19)11-14(17)3;;;/h9-13H,7-8H2,1-6H3;3,5-11,13H,12H2,1-2,4H3;2*1H;/q-1;;;;+2/p-2. The van der Waals surface area contributed by atoms with Crippen LogP contribution in [0.5, 0.6) is 5.75 Å². The number of hydrogen-bond acceptors (Lipinski definition) is 4. The van der Waals surface area contributed by atoms with Gasteiger partial charge in [0.1, 0.15) is 0 Å². The van der Waals surface area contributed by atoms with E-state index < -0.39 is 13.5 Å². The molecule has 0 unspecified atom stereocenters. The molecule has 4 aromatic rings. The fourth-order valence-corrected chi connectivity index (χ4v) is 8.45. The molecule has 0 spiro atoms. The molecule has 254 valence electrons. The molecular formula is C39H47Cl3N3ORu-. The van der Waals surface area contributed by atoms with Gasteiger partial charge in [-0.2, -0.15) is 6.67 Å². The minimum atomic E-state index is -1.93. The molecule has 0 N–H and O–H groups in total. The molecule has 0 aliphatic carbocycles. The Morgan fingerprint density at radius 2 is 1.32 bits per heavy atom. The maximum atomic E-state index is 6.12. The van der Waals surface area contributed by atoms with Crippen LogP contribution < -0.4 is 19.4 Å². The van der Waals surface area contributed by atoms with E-state index in [1.165, 1.54) is 44.8 Å². The molecule has 0 amide bonds. The van der Waals surface area contributed by atoms with Gasteiger partial charge >= 0.3 is 162 Å². The molecule has 0 radical (unpaired) electrons. The zero-order valence-corrected chi connectivity index (χ0v) is 32.9. The Morgan fingerprint density at radius 3 is 1.81 bits per heavy atom. The molecule has 0 bridgehead atoms. The molecule has 47 heavy (non-hydrogen) atoms. The second kappa shape index (κ2) is 16.7. The van der Waals surface area contributed by atoms with Gasteiger partial charge in [-0.3, -0.25) is 0 Å². The molecule has 1 heterocycles. The topological polar surface area (TPSA) is 19.0 Å². The van der Waals surface area contributed by atoms with Gasteiger partial charge in [0.15, 0.2) is 0 Å². The summed E-state index contributed by atoms with van der Waals surface area (Å²) in [6.45, 7) is 22.3. The molecule has 1 fully saturated rings. The van der Waals surface area contributed by atoms with Crippen molar-refractivity contribution in [3.05, 3.63) is 123 Å². The monoisotopic (exact) mass is 780 g/mol. The van der Waals surface area contributed by atoms with Gasteiger partial charge in [0.05, 0.1) is 0 Å². The molecule has 0 atom stereocenters. The zero-order chi connectivity index (χ0) is 34.4. The van der Waals surface area contributed by atoms with Gasteiger partial charge in [-0.25, -0.2) is 0 Å². The molecule has 0 aromatic heterocycles. The molecule has 0 saturated carbocycles. The molecule has 1 saturated heterocycles. The summed E-state index contributed by atoms with van der Waals surface area (Å²) in [5, 5.41) is 0.672. The quantitative estimate of drug-likeness (QED) is 0.131. The van der Waals surface area contributed by atoms with Crippen molar-refractivity contribution in [3.8, 4) is 5.75 Å². The van der Waals surface area contributed by atoms with Crippen LogP contribution >= 0.6 is 31.0 Å². The number of ether oxygens (including phenoxy) is 1. The van der Waals surface area contributed by atoms with Crippen LogP contribution in [0.3, 0.4) is 0 Å². The van der Waals surface area contributed by atoms with Crippen molar-refractivity contribution in [2.24, 2.45) is 0 Å². The van der Waals surface area contributed by atoms with Crippen LogP contribution in [-0.2, 0) is 20.1 Å². The summed E-state index contributed by atoms with van der Waals surface area (Å²) in [5.74, 6) is 0.904. The van der Waals surface area contributed by atoms with Crippen LogP contribution in [0.4, 0.5) is 17.1 Å². The summed E-state index contributed by atoms with van der Waals surface area (Å²) < 4.78 is 7.82. The van der Waals surface area contributed by atoms with E-state index >= 15 is 0 Å². The number of nitrogens with zero attached hydrogens (tertiary/aromatic N) is 3. The largest absolute Gasteiger partial charge is 0.502 e. The number of para-hydroxylation sites is 1. The van der Waals surface area contributed by atoms with Gasteiger partial charge in [0.2, 0.25) is 0 Å². The molecular weight excluding hydrogens is 734 g/mol. The van der Waals surface area contributed by atoms with Gasteiger partial charge < -0.3 is 9.80 Å². The number of anilines is 3. The van der Waals surface area contributed by atoms with Gasteiger partial charge in [-0.15, -0.1) is 0 Å². The van der Waals surface area contributed by atoms with Crippen molar-refractivity contribution in [2.75, 3.05) is 34.8 Å². The van der Waals surface area contributed by atoms with E-state index in [0.29, 0.717) is 11.6 Å². The summed E-state index contributed by atoms with van der Waals surface area (Å²) in [5.41, 5.74) is 14.0. The fraction of sp³-hybridized carbons (Fsp3) is 0.333. The number of aryl methyl sites for hydroxylation is 6. The third kappa shape index (κ3) is 9.99. The number of rotatable bonds is 8. The minimum Gasteiger partial charge on any atom is -0.502 e. The van der Waals surface area contributed by atoms with Crippen molar-refractivity contribution in [1.29, 1.82) is 0 Å². The first-order valence-electron chi connectivity index (χ1n) is 15.9. The Bertz CT molecular complexity index is 1630. The van der Waals surface area contributed by atoms with Gasteiger partial charge in [0.25, 0.3) is 0 Å². The van der Waals surface area contributed by atoms with E-state index in [0.717, 1.165) is 35.7 Å². The third-order valence-corrected chi connectivity index (χ3v) is 10.1. The first-order chi connectivity index (χ1) is 22.2. The summed E-state index contributed by atoms with van der Waals surface area (Å²) in [6.07, 6.45) is 0.135. The molecule has 5 rings (SSSR count). The van der Waals surface area contributed by atoms with Crippen molar-refractivity contribution in [2.45, 2.75) is 68.0 Å². The molecule has 1 aliphatic rings. The number of halogens is 3. The Labute approximate surface area is 300 Å². The van der Waals surface area contributed by atoms with E-state index in [1.807, 2.05) is 61.9 Å². The molecule has 4 aromatic carbocycles. The first-order valence-corrected chi connectivity index (χ1v) is 21.7. The van der Waals surface area contributed by atoms with Crippen LogP contribution in [0.25, 0.3) is 0 Å². The van der Waals surface area contributed by atoms with Gasteiger partial charge in [0, 0.05) is 24.5 Å². The van der Waals surface area contributed by atoms with Crippen LogP contribution in [0, 0.1) is 48.2 Å². The number of hydrogen-bond donors (Lipinski definition) is 0. The maximum absolute atomic E-state index is 6.12. The van der Waals surface area contributed by atoms with Crippen LogP contribution in [0.1, 0.15) is 58.4 Å². The van der Waals surface area contributed by atoms with E-state index in [2.05, 4.69) is 93.2 Å². The Kier molecular flexibility index (Phi) is 13.2. The average molecular weight is 781 g/mol. The van der Waals surface area contributed by atoms with Crippen molar-refractivity contribution < 1.29 is 18.3 Å². The van der Waals surface area contributed by atoms with Crippen LogP contribution in [0.15, 0.2) is 66.7 Å². The van der Waals surface area contributed by atoms with E-state index in [9.17, 15) is 0 Å². The Morgan fingerprint density at radius 1 is 0.809 bits per heavy atom. The van der Waals surface area contributed by atoms with Crippen molar-refractivity contribution in [1.82, 2.24) is 0 Å². The van der Waals surface area contributed by atoms with Crippen LogP contribution in [-0.4, -0.2) is 30.9 Å². The van der Waals surface area contributed by atoms with E-state index in [-0.39, 0.29) is 6.10 Å². The summed E-state index contributed by atoms with van der Waals surface area (Å²) in [4.78, 5) is 6.96. The molecule has 4 nitrogen and oxygen atoms in total. The van der Waals surface area contributed by atoms with Crippen molar-refractivity contribution in [3.63, 3.8) is 0 Å². The second-order valence-corrected chi connectivity index (χ2v) is 18.8. The molecule has 8 heteroatoms. The predicted molar refractivity (Wildman–Crippen MR) is 203 cm³/mol. The smallest absolute Gasteiger partial charge is 0.0146 e. The first kappa shape index (κ1) is 37.3. The second-order valence-electron chi connectivity index (χ2n) is 12.6. The Hall–Kier alpha value is -2.56. The SMILES string of the molecule is CC(C)Oc1ccccc1CN(C)c1ccc(Cl)cc1[CH]=[Ru]([Cl])[Cl].Cc1cc(C)c(N2[CH-]N(c3c(C)cc(C)cc3C)CC2)c(C)c1. The predicted octanol–water partition coefficient (Wildman–Crippen LogP) is 10.8. The maximum Gasteiger partial charge on any atom is 0.0146 e. The zero-order valence-electron chi connectivity index (χ0n) is 28.9. The summed E-state index contributed by atoms with van der Waals surface area (Å²) in [7, 11) is 14.1. The summed E-state index contributed by atoms with van der Waals surface area (Å²) in [6, 6.07) is 23.0. The number of benzene rings is 4. The van der Waals surface area contributed by atoms with E-state index in [1.54, 1.807) is 0 Å². The van der Waals surface area contributed by atoms with Crippen molar-refractivity contribution >= 4 is 52.7 Å². The van der Waals surface area contributed by atoms with Gasteiger partial charge in [-0.1, -0.05) is 35.4 Å². The minimum absolute atomic E-state index is 0.135. The molecule has 1 aliphatic heterocycles. The summed E-state index contributed by atoms with van der Waals surface area (Å²) >= 11 is 4.19. The third-order valence-electron chi connectivity index (χ3n) is 8.04. The fourth-order valence-electron chi connectivity index (χ4n) is 6.47. The Balaban J connectivity index is 0.000000213. The average Bonchev–Trinajstić information content (AvgIpc) is 3.41.